The van der Waals surface area contributed by atoms with E-state index in [1.165, 1.54) is 12.1 Å². The Balaban J connectivity index is 1.56. The predicted octanol–water partition coefficient (Wildman–Crippen LogP) is 3.18. The largest absolute Gasteiger partial charge is 0.368 e. The number of rotatable bonds is 2. The zero-order valence-corrected chi connectivity index (χ0v) is 12.2. The average molecular weight is 299 g/mol. The molecule has 1 fully saturated rings. The molecule has 0 aromatic heterocycles. The van der Waals surface area contributed by atoms with E-state index in [-0.39, 0.29) is 11.8 Å². The van der Waals surface area contributed by atoms with Gasteiger partial charge in [0.2, 0.25) is 0 Å². The van der Waals surface area contributed by atoms with Gasteiger partial charge in [-0.2, -0.15) is 0 Å². The minimum absolute atomic E-state index is 0.0925. The summed E-state index contributed by atoms with van der Waals surface area (Å²) in [6.45, 7) is 2.64. The van der Waals surface area contributed by atoms with Crippen LogP contribution in [0, 0.1) is 5.82 Å². The molecule has 2 amide bonds. The lowest BCUT2D eigenvalue weighted by Crippen LogP contribution is -2.50. The van der Waals surface area contributed by atoms with Crippen molar-refractivity contribution >= 4 is 17.4 Å². The fourth-order valence-corrected chi connectivity index (χ4v) is 2.56. The molecule has 0 bridgehead atoms. The lowest BCUT2D eigenvalue weighted by atomic mass is 10.2. The average Bonchev–Trinajstić information content (AvgIpc) is 2.56. The number of nitrogens with zero attached hydrogens (tertiary/aromatic N) is 2. The molecule has 1 aliphatic heterocycles. The Bertz CT molecular complexity index is 639. The van der Waals surface area contributed by atoms with Crippen LogP contribution in [-0.4, -0.2) is 37.1 Å². The van der Waals surface area contributed by atoms with Gasteiger partial charge in [0.1, 0.15) is 5.82 Å². The van der Waals surface area contributed by atoms with Crippen LogP contribution < -0.4 is 10.2 Å². The molecule has 0 radical (unpaired) electrons. The normalized spacial score (nSPS) is 14.8. The van der Waals surface area contributed by atoms with Crippen molar-refractivity contribution < 1.29 is 9.18 Å². The summed E-state index contributed by atoms with van der Waals surface area (Å²) < 4.78 is 13.3. The number of para-hydroxylation sites is 1. The van der Waals surface area contributed by atoms with E-state index in [0.29, 0.717) is 26.2 Å². The van der Waals surface area contributed by atoms with Crippen molar-refractivity contribution in [1.82, 2.24) is 4.90 Å². The highest BCUT2D eigenvalue weighted by molar-refractivity contribution is 5.89. The van der Waals surface area contributed by atoms with E-state index in [2.05, 4.69) is 10.2 Å². The number of hydrogen-bond donors (Lipinski definition) is 1. The first-order valence-corrected chi connectivity index (χ1v) is 7.34. The number of hydrogen-bond acceptors (Lipinski definition) is 2. The fourth-order valence-electron chi connectivity index (χ4n) is 2.56. The molecule has 0 spiro atoms. The molecular weight excluding hydrogens is 281 g/mol. The minimum atomic E-state index is -0.234. The van der Waals surface area contributed by atoms with E-state index in [1.54, 1.807) is 11.0 Å². The van der Waals surface area contributed by atoms with Crippen molar-refractivity contribution in [2.75, 3.05) is 36.4 Å². The summed E-state index contributed by atoms with van der Waals surface area (Å²) in [6, 6.07) is 15.9. The molecule has 22 heavy (non-hydrogen) atoms. The number of piperazine rings is 1. The Hall–Kier alpha value is -2.56. The van der Waals surface area contributed by atoms with Crippen molar-refractivity contribution in [3.8, 4) is 0 Å². The van der Waals surface area contributed by atoms with Crippen LogP contribution in [0.2, 0.25) is 0 Å². The third kappa shape index (κ3) is 3.36. The first kappa shape index (κ1) is 14.4. The number of halogens is 1. The Labute approximate surface area is 129 Å². The van der Waals surface area contributed by atoms with Crippen LogP contribution in [0.25, 0.3) is 0 Å². The Morgan fingerprint density at radius 3 is 2.36 bits per heavy atom. The Morgan fingerprint density at radius 1 is 0.955 bits per heavy atom. The molecule has 114 valence electrons. The van der Waals surface area contributed by atoms with Gasteiger partial charge in [0.15, 0.2) is 0 Å². The summed E-state index contributed by atoms with van der Waals surface area (Å²) in [7, 11) is 0. The number of benzene rings is 2. The highest BCUT2D eigenvalue weighted by atomic mass is 19.1. The minimum Gasteiger partial charge on any atom is -0.368 e. The van der Waals surface area contributed by atoms with Crippen molar-refractivity contribution in [2.24, 2.45) is 0 Å². The molecule has 2 aromatic rings. The molecule has 0 atom stereocenters. The number of carbonyl (C=O) groups is 1. The van der Waals surface area contributed by atoms with Gasteiger partial charge >= 0.3 is 6.03 Å². The topological polar surface area (TPSA) is 35.6 Å². The SMILES string of the molecule is O=C(Nc1ccccc1)N1CCN(c2cccc(F)c2)CC1. The maximum Gasteiger partial charge on any atom is 0.321 e. The lowest BCUT2D eigenvalue weighted by Gasteiger charge is -2.36. The molecule has 4 nitrogen and oxygen atoms in total. The summed E-state index contributed by atoms with van der Waals surface area (Å²) in [5.74, 6) is -0.234. The third-order valence-electron chi connectivity index (χ3n) is 3.77. The summed E-state index contributed by atoms with van der Waals surface area (Å²) in [6.07, 6.45) is 0. The molecule has 0 saturated carbocycles. The summed E-state index contributed by atoms with van der Waals surface area (Å²) in [5, 5.41) is 2.88. The molecule has 0 aliphatic carbocycles. The number of urea groups is 1. The quantitative estimate of drug-likeness (QED) is 0.924. The molecule has 1 heterocycles. The van der Waals surface area contributed by atoms with Gasteiger partial charge in [-0.15, -0.1) is 0 Å². The summed E-state index contributed by atoms with van der Waals surface area (Å²) in [5.41, 5.74) is 1.66. The van der Waals surface area contributed by atoms with E-state index in [0.717, 1.165) is 11.4 Å². The monoisotopic (exact) mass is 299 g/mol. The van der Waals surface area contributed by atoms with Gasteiger partial charge in [-0.25, -0.2) is 9.18 Å². The molecule has 3 rings (SSSR count). The van der Waals surface area contributed by atoms with E-state index in [9.17, 15) is 9.18 Å². The van der Waals surface area contributed by atoms with Crippen LogP contribution in [-0.2, 0) is 0 Å². The van der Waals surface area contributed by atoms with Gasteiger partial charge in [0.05, 0.1) is 0 Å². The maximum absolute atomic E-state index is 13.3. The van der Waals surface area contributed by atoms with Crippen molar-refractivity contribution in [3.63, 3.8) is 0 Å². The lowest BCUT2D eigenvalue weighted by molar-refractivity contribution is 0.208. The number of carbonyl (C=O) groups excluding carboxylic acids is 1. The molecule has 1 saturated heterocycles. The number of anilines is 2. The van der Waals surface area contributed by atoms with Crippen molar-refractivity contribution in [1.29, 1.82) is 0 Å². The number of amides is 2. The first-order valence-electron chi connectivity index (χ1n) is 7.34. The van der Waals surface area contributed by atoms with Gasteiger partial charge in [0.25, 0.3) is 0 Å². The Morgan fingerprint density at radius 2 is 1.68 bits per heavy atom. The predicted molar refractivity (Wildman–Crippen MR) is 85.6 cm³/mol. The zero-order valence-electron chi connectivity index (χ0n) is 12.2. The van der Waals surface area contributed by atoms with Crippen LogP contribution in [0.1, 0.15) is 0 Å². The maximum atomic E-state index is 13.3. The fraction of sp³-hybridized carbons (Fsp3) is 0.235. The second-order valence-electron chi connectivity index (χ2n) is 5.25. The molecule has 0 unspecified atom stereocenters. The van der Waals surface area contributed by atoms with E-state index < -0.39 is 0 Å². The standard InChI is InChI=1S/C17H18FN3O/c18-14-5-4-8-16(13-14)20-9-11-21(12-10-20)17(22)19-15-6-2-1-3-7-15/h1-8,13H,9-12H2,(H,19,22). The molecular formula is C17H18FN3O. The summed E-state index contributed by atoms with van der Waals surface area (Å²) >= 11 is 0. The number of nitrogens with one attached hydrogen (secondary N) is 1. The first-order chi connectivity index (χ1) is 10.7. The van der Waals surface area contributed by atoms with Crippen molar-refractivity contribution in [2.45, 2.75) is 0 Å². The smallest absolute Gasteiger partial charge is 0.321 e. The van der Waals surface area contributed by atoms with Crippen LogP contribution in [0.3, 0.4) is 0 Å². The molecule has 1 aliphatic rings. The van der Waals surface area contributed by atoms with Gasteiger partial charge < -0.3 is 15.1 Å². The Kier molecular flexibility index (Phi) is 4.23. The second-order valence-corrected chi connectivity index (χ2v) is 5.25. The van der Waals surface area contributed by atoms with E-state index in [1.807, 2.05) is 36.4 Å². The third-order valence-corrected chi connectivity index (χ3v) is 3.77. The highest BCUT2D eigenvalue weighted by Gasteiger charge is 2.21. The van der Waals surface area contributed by atoms with Crippen molar-refractivity contribution in [3.05, 3.63) is 60.4 Å². The zero-order chi connectivity index (χ0) is 15.4. The van der Waals surface area contributed by atoms with Crippen LogP contribution in [0.4, 0.5) is 20.6 Å². The van der Waals surface area contributed by atoms with Gasteiger partial charge in [-0.05, 0) is 30.3 Å². The van der Waals surface area contributed by atoms with Crippen LogP contribution in [0.5, 0.6) is 0 Å². The molecule has 1 N–H and O–H groups in total. The van der Waals surface area contributed by atoms with Gasteiger partial charge in [-0.3, -0.25) is 0 Å². The highest BCUT2D eigenvalue weighted by Crippen LogP contribution is 2.18. The van der Waals surface area contributed by atoms with E-state index in [4.69, 9.17) is 0 Å². The second kappa shape index (κ2) is 6.47. The van der Waals surface area contributed by atoms with Crippen LogP contribution in [0.15, 0.2) is 54.6 Å². The summed E-state index contributed by atoms with van der Waals surface area (Å²) in [4.78, 5) is 16.1. The molecule has 5 heteroatoms. The molecule has 2 aromatic carbocycles. The van der Waals surface area contributed by atoms with E-state index >= 15 is 0 Å². The van der Waals surface area contributed by atoms with Gasteiger partial charge in [0, 0.05) is 37.6 Å². The van der Waals surface area contributed by atoms with Gasteiger partial charge in [-0.1, -0.05) is 24.3 Å². The van der Waals surface area contributed by atoms with Crippen LogP contribution >= 0.6 is 0 Å².